The van der Waals surface area contributed by atoms with Crippen LogP contribution in [0.2, 0.25) is 0 Å². The first-order valence-corrected chi connectivity index (χ1v) is 7.77. The maximum atomic E-state index is 11.9. The third-order valence-corrected chi connectivity index (χ3v) is 4.76. The largest absolute Gasteiger partial charge is 0.384 e. The van der Waals surface area contributed by atoms with Crippen LogP contribution in [0, 0.1) is 5.92 Å². The van der Waals surface area contributed by atoms with E-state index in [1.807, 2.05) is 0 Å². The van der Waals surface area contributed by atoms with Crippen LogP contribution in [-0.4, -0.2) is 55.2 Å². The molecule has 0 aromatic carbocycles. The first-order chi connectivity index (χ1) is 9.47. The standard InChI is InChI=1S/C15H29N3O2/c1-11(2)17-15(14(16)19)6-4-13(8-15)18-7-5-12(9-18)10-20-3/h11-13,17H,4-10H2,1-3H3,(H2,16,19). The zero-order chi connectivity index (χ0) is 14.8. The summed E-state index contributed by atoms with van der Waals surface area (Å²) in [5.74, 6) is 0.447. The van der Waals surface area contributed by atoms with Crippen LogP contribution in [0.1, 0.15) is 39.5 Å². The molecule has 2 fully saturated rings. The van der Waals surface area contributed by atoms with Gasteiger partial charge in [-0.05, 0) is 52.0 Å². The number of methoxy groups -OCH3 is 1. The number of primary amides is 1. The van der Waals surface area contributed by atoms with Crippen molar-refractivity contribution in [2.24, 2.45) is 11.7 Å². The predicted octanol–water partition coefficient (Wildman–Crippen LogP) is 0.729. The molecule has 5 heteroatoms. The van der Waals surface area contributed by atoms with Gasteiger partial charge in [0.1, 0.15) is 0 Å². The van der Waals surface area contributed by atoms with E-state index in [2.05, 4.69) is 24.1 Å². The van der Waals surface area contributed by atoms with Gasteiger partial charge in [-0.3, -0.25) is 9.69 Å². The Hall–Kier alpha value is -0.650. The number of hydrogen-bond acceptors (Lipinski definition) is 4. The minimum Gasteiger partial charge on any atom is -0.384 e. The Morgan fingerprint density at radius 3 is 2.85 bits per heavy atom. The Morgan fingerprint density at radius 2 is 2.25 bits per heavy atom. The fourth-order valence-corrected chi connectivity index (χ4v) is 3.88. The number of rotatable bonds is 6. The molecule has 1 amide bonds. The average Bonchev–Trinajstić information content (AvgIpc) is 2.96. The third-order valence-electron chi connectivity index (χ3n) is 4.76. The number of amides is 1. The smallest absolute Gasteiger partial charge is 0.237 e. The maximum Gasteiger partial charge on any atom is 0.237 e. The molecule has 3 N–H and O–H groups in total. The number of nitrogens with one attached hydrogen (secondary N) is 1. The monoisotopic (exact) mass is 283 g/mol. The summed E-state index contributed by atoms with van der Waals surface area (Å²) in [6.45, 7) is 7.20. The lowest BCUT2D eigenvalue weighted by Crippen LogP contribution is -2.56. The highest BCUT2D eigenvalue weighted by molar-refractivity contribution is 5.85. The first kappa shape index (κ1) is 15.7. The average molecular weight is 283 g/mol. The van der Waals surface area contributed by atoms with Crippen molar-refractivity contribution >= 4 is 5.91 Å². The van der Waals surface area contributed by atoms with Crippen LogP contribution in [-0.2, 0) is 9.53 Å². The second kappa shape index (κ2) is 6.41. The molecule has 0 spiro atoms. The van der Waals surface area contributed by atoms with Crippen molar-refractivity contribution in [2.75, 3.05) is 26.8 Å². The van der Waals surface area contributed by atoms with Crippen LogP contribution < -0.4 is 11.1 Å². The van der Waals surface area contributed by atoms with E-state index in [-0.39, 0.29) is 11.9 Å². The number of ether oxygens (including phenoxy) is 1. The molecule has 1 saturated heterocycles. The topological polar surface area (TPSA) is 67.6 Å². The highest BCUT2D eigenvalue weighted by Crippen LogP contribution is 2.35. The van der Waals surface area contributed by atoms with Gasteiger partial charge in [-0.2, -0.15) is 0 Å². The van der Waals surface area contributed by atoms with E-state index >= 15 is 0 Å². The molecule has 116 valence electrons. The van der Waals surface area contributed by atoms with Gasteiger partial charge >= 0.3 is 0 Å². The zero-order valence-corrected chi connectivity index (χ0v) is 13.0. The number of carbonyl (C=O) groups is 1. The Labute approximate surface area is 122 Å². The van der Waals surface area contributed by atoms with E-state index in [1.165, 1.54) is 6.42 Å². The molecule has 3 atom stereocenters. The normalized spacial score (nSPS) is 35.0. The molecule has 2 rings (SSSR count). The summed E-state index contributed by atoms with van der Waals surface area (Å²) in [6, 6.07) is 0.761. The Balaban J connectivity index is 1.95. The molecular formula is C15H29N3O2. The third kappa shape index (κ3) is 3.32. The fourth-order valence-electron chi connectivity index (χ4n) is 3.88. The van der Waals surface area contributed by atoms with Gasteiger partial charge in [-0.1, -0.05) is 0 Å². The number of carbonyl (C=O) groups excluding carboxylic acids is 1. The van der Waals surface area contributed by atoms with Gasteiger partial charge in [0.15, 0.2) is 0 Å². The van der Waals surface area contributed by atoms with E-state index in [0.717, 1.165) is 39.0 Å². The molecule has 3 unspecified atom stereocenters. The molecule has 0 aromatic rings. The summed E-state index contributed by atoms with van der Waals surface area (Å²) < 4.78 is 5.26. The van der Waals surface area contributed by atoms with Crippen molar-refractivity contribution in [3.8, 4) is 0 Å². The van der Waals surface area contributed by atoms with Gasteiger partial charge in [0.25, 0.3) is 0 Å². The van der Waals surface area contributed by atoms with Crippen LogP contribution in [0.25, 0.3) is 0 Å². The van der Waals surface area contributed by atoms with Crippen LogP contribution in [0.3, 0.4) is 0 Å². The summed E-state index contributed by atoms with van der Waals surface area (Å²) in [5.41, 5.74) is 5.18. The van der Waals surface area contributed by atoms with Crippen molar-refractivity contribution in [3.63, 3.8) is 0 Å². The summed E-state index contributed by atoms with van der Waals surface area (Å²) in [5, 5.41) is 3.42. The van der Waals surface area contributed by atoms with Gasteiger partial charge in [-0.25, -0.2) is 0 Å². The van der Waals surface area contributed by atoms with Gasteiger partial charge < -0.3 is 15.8 Å². The lowest BCUT2D eigenvalue weighted by Gasteiger charge is -2.31. The Morgan fingerprint density at radius 1 is 1.50 bits per heavy atom. The number of hydrogen-bond donors (Lipinski definition) is 2. The van der Waals surface area contributed by atoms with E-state index in [4.69, 9.17) is 10.5 Å². The van der Waals surface area contributed by atoms with E-state index in [9.17, 15) is 4.79 Å². The van der Waals surface area contributed by atoms with Gasteiger partial charge in [-0.15, -0.1) is 0 Å². The van der Waals surface area contributed by atoms with Gasteiger partial charge in [0.05, 0.1) is 12.1 Å². The molecule has 20 heavy (non-hydrogen) atoms. The second-order valence-corrected chi connectivity index (χ2v) is 6.75. The fraction of sp³-hybridized carbons (Fsp3) is 0.933. The zero-order valence-electron chi connectivity index (χ0n) is 13.0. The Kier molecular flexibility index (Phi) is 5.04. The van der Waals surface area contributed by atoms with Crippen LogP contribution in [0.15, 0.2) is 0 Å². The van der Waals surface area contributed by atoms with Gasteiger partial charge in [0.2, 0.25) is 5.91 Å². The molecule has 1 heterocycles. The van der Waals surface area contributed by atoms with Crippen LogP contribution in [0.4, 0.5) is 0 Å². The summed E-state index contributed by atoms with van der Waals surface area (Å²) in [4.78, 5) is 14.4. The van der Waals surface area contributed by atoms with Crippen LogP contribution >= 0.6 is 0 Å². The number of likely N-dealkylation sites (tertiary alicyclic amines) is 1. The van der Waals surface area contributed by atoms with Crippen molar-refractivity contribution in [1.82, 2.24) is 10.2 Å². The SMILES string of the molecule is COCC1CCN(C2CCC(NC(C)C)(C(N)=O)C2)C1. The molecule has 1 saturated carbocycles. The Bertz CT molecular complexity index is 348. The predicted molar refractivity (Wildman–Crippen MR) is 79.4 cm³/mol. The molecule has 1 aliphatic heterocycles. The quantitative estimate of drug-likeness (QED) is 0.754. The lowest BCUT2D eigenvalue weighted by molar-refractivity contribution is -0.124. The number of nitrogens with two attached hydrogens (primary N) is 1. The highest BCUT2D eigenvalue weighted by Gasteiger charge is 2.46. The molecule has 0 radical (unpaired) electrons. The summed E-state index contributed by atoms with van der Waals surface area (Å²) in [6.07, 6.45) is 3.96. The molecule has 1 aliphatic carbocycles. The van der Waals surface area contributed by atoms with Crippen molar-refractivity contribution < 1.29 is 9.53 Å². The maximum absolute atomic E-state index is 11.9. The molecule has 2 aliphatic rings. The van der Waals surface area contributed by atoms with Crippen molar-refractivity contribution in [3.05, 3.63) is 0 Å². The highest BCUT2D eigenvalue weighted by atomic mass is 16.5. The summed E-state index contributed by atoms with van der Waals surface area (Å²) >= 11 is 0. The van der Waals surface area contributed by atoms with Crippen molar-refractivity contribution in [1.29, 1.82) is 0 Å². The van der Waals surface area contributed by atoms with Gasteiger partial charge in [0, 0.05) is 25.7 Å². The van der Waals surface area contributed by atoms with E-state index in [1.54, 1.807) is 7.11 Å². The van der Waals surface area contributed by atoms with Crippen molar-refractivity contribution in [2.45, 2.75) is 57.2 Å². The minimum absolute atomic E-state index is 0.193. The lowest BCUT2D eigenvalue weighted by atomic mass is 9.95. The van der Waals surface area contributed by atoms with E-state index < -0.39 is 5.54 Å². The molecule has 0 bridgehead atoms. The first-order valence-electron chi connectivity index (χ1n) is 7.77. The molecule has 5 nitrogen and oxygen atoms in total. The molecule has 0 aromatic heterocycles. The molecular weight excluding hydrogens is 254 g/mol. The number of nitrogens with zero attached hydrogens (tertiary/aromatic N) is 1. The second-order valence-electron chi connectivity index (χ2n) is 6.75. The summed E-state index contributed by atoms with van der Waals surface area (Å²) in [7, 11) is 1.77. The van der Waals surface area contributed by atoms with E-state index in [0.29, 0.717) is 12.0 Å². The van der Waals surface area contributed by atoms with Crippen LogP contribution in [0.5, 0.6) is 0 Å². The minimum atomic E-state index is -0.502.